The van der Waals surface area contributed by atoms with E-state index in [4.69, 9.17) is 4.74 Å². The number of halogens is 1. The number of imidazole rings is 1. The smallest absolute Gasteiger partial charge is 0.188 e. The van der Waals surface area contributed by atoms with Gasteiger partial charge >= 0.3 is 0 Å². The second-order valence-electron chi connectivity index (χ2n) is 6.09. The molecule has 22 heavy (non-hydrogen) atoms. The Labute approximate surface area is 143 Å². The Balaban J connectivity index is 2.67. The summed E-state index contributed by atoms with van der Waals surface area (Å²) in [6, 6.07) is 1.59. The molecule has 122 valence electrons. The van der Waals surface area contributed by atoms with Gasteiger partial charge in [0.05, 0.1) is 17.0 Å². The Kier molecular flexibility index (Phi) is 4.74. The van der Waals surface area contributed by atoms with E-state index in [2.05, 4.69) is 27.6 Å². The Morgan fingerprint density at radius 1 is 1.45 bits per heavy atom. The average Bonchev–Trinajstić information content (AvgIpc) is 2.75. The van der Waals surface area contributed by atoms with Crippen molar-refractivity contribution in [1.82, 2.24) is 9.38 Å². The summed E-state index contributed by atoms with van der Waals surface area (Å²) >= 11 is 2.09. The molecule has 2 aromatic rings. The molecular formula is C14H19IN2O4S. The normalized spacial score (nSPS) is 14.3. The van der Waals surface area contributed by atoms with Crippen molar-refractivity contribution in [2.75, 3.05) is 6.61 Å². The highest BCUT2D eigenvalue weighted by atomic mass is 127. The number of sulfone groups is 1. The van der Waals surface area contributed by atoms with Gasteiger partial charge in [0.25, 0.3) is 0 Å². The minimum Gasteiger partial charge on any atom is -0.489 e. The molecule has 2 heterocycles. The van der Waals surface area contributed by atoms with Crippen LogP contribution in [0.2, 0.25) is 0 Å². The van der Waals surface area contributed by atoms with E-state index in [0.29, 0.717) is 5.65 Å². The van der Waals surface area contributed by atoms with Gasteiger partial charge in [0.1, 0.15) is 26.6 Å². The van der Waals surface area contributed by atoms with Crippen molar-refractivity contribution in [3.8, 4) is 5.75 Å². The van der Waals surface area contributed by atoms with Crippen LogP contribution in [0.1, 0.15) is 27.7 Å². The minimum absolute atomic E-state index is 0.0145. The van der Waals surface area contributed by atoms with Crippen molar-refractivity contribution in [3.05, 3.63) is 22.2 Å². The highest BCUT2D eigenvalue weighted by Crippen LogP contribution is 2.33. The van der Waals surface area contributed by atoms with E-state index in [1.165, 1.54) is 6.20 Å². The summed E-state index contributed by atoms with van der Waals surface area (Å²) < 4.78 is 32.7. The Hall–Kier alpha value is -0.870. The maximum atomic E-state index is 12.8. The van der Waals surface area contributed by atoms with Crippen LogP contribution in [0.4, 0.5) is 0 Å². The van der Waals surface area contributed by atoms with Crippen molar-refractivity contribution >= 4 is 38.1 Å². The Bertz CT molecular complexity index is 791. The molecule has 8 heteroatoms. The number of ether oxygens (including phenoxy) is 1. The molecule has 0 aliphatic carbocycles. The van der Waals surface area contributed by atoms with Gasteiger partial charge in [-0.3, -0.25) is 4.40 Å². The molecule has 6 nitrogen and oxygen atoms in total. The highest BCUT2D eigenvalue weighted by molar-refractivity contribution is 14.1. The number of pyridine rings is 1. The molecule has 0 aromatic carbocycles. The van der Waals surface area contributed by atoms with Crippen LogP contribution in [-0.4, -0.2) is 40.4 Å². The molecule has 0 saturated heterocycles. The second kappa shape index (κ2) is 5.97. The molecule has 0 bridgehead atoms. The quantitative estimate of drug-likeness (QED) is 0.741. The van der Waals surface area contributed by atoms with Crippen molar-refractivity contribution in [2.24, 2.45) is 0 Å². The molecule has 0 fully saturated rings. The van der Waals surface area contributed by atoms with Gasteiger partial charge < -0.3 is 9.84 Å². The zero-order valence-electron chi connectivity index (χ0n) is 12.9. The topological polar surface area (TPSA) is 80.9 Å². The summed E-state index contributed by atoms with van der Waals surface area (Å²) in [4.78, 5) is 4.31. The summed E-state index contributed by atoms with van der Waals surface area (Å²) in [5, 5.41) is 9.39. The van der Waals surface area contributed by atoms with E-state index >= 15 is 0 Å². The number of nitrogens with zero attached hydrogens (tertiary/aromatic N) is 2. The maximum absolute atomic E-state index is 12.8. The summed E-state index contributed by atoms with van der Waals surface area (Å²) in [6.07, 6.45) is 2.49. The molecule has 0 radical (unpaired) electrons. The van der Waals surface area contributed by atoms with E-state index in [1.807, 2.05) is 0 Å². The SMILES string of the molecule is C[C@H](O)COc1cc2ncc(I)n2cc1S(=O)(=O)C(C)(C)C. The van der Waals surface area contributed by atoms with Gasteiger partial charge in [0.15, 0.2) is 9.84 Å². The lowest BCUT2D eigenvalue weighted by Gasteiger charge is -2.22. The fourth-order valence-corrected chi connectivity index (χ4v) is 3.62. The fraction of sp³-hybridized carbons (Fsp3) is 0.500. The lowest BCUT2D eigenvalue weighted by molar-refractivity contribution is 0.121. The second-order valence-corrected chi connectivity index (χ2v) is 9.86. The zero-order valence-corrected chi connectivity index (χ0v) is 15.8. The van der Waals surface area contributed by atoms with Gasteiger partial charge in [-0.05, 0) is 50.3 Å². The third kappa shape index (κ3) is 3.23. The molecule has 1 atom stereocenters. The van der Waals surface area contributed by atoms with Crippen LogP contribution in [0.25, 0.3) is 5.65 Å². The third-order valence-electron chi connectivity index (χ3n) is 3.11. The minimum atomic E-state index is -3.60. The Morgan fingerprint density at radius 3 is 2.64 bits per heavy atom. The van der Waals surface area contributed by atoms with Crippen molar-refractivity contribution in [1.29, 1.82) is 0 Å². The van der Waals surface area contributed by atoms with Crippen molar-refractivity contribution in [2.45, 2.75) is 43.4 Å². The largest absolute Gasteiger partial charge is 0.489 e. The molecule has 0 saturated carbocycles. The van der Waals surface area contributed by atoms with Crippen LogP contribution in [0, 0.1) is 3.70 Å². The van der Waals surface area contributed by atoms with Gasteiger partial charge in [-0.15, -0.1) is 0 Å². The van der Waals surface area contributed by atoms with E-state index in [9.17, 15) is 13.5 Å². The fourth-order valence-electron chi connectivity index (χ4n) is 1.81. The van der Waals surface area contributed by atoms with Gasteiger partial charge in [-0.2, -0.15) is 0 Å². The first-order chi connectivity index (χ1) is 10.0. The molecular weight excluding hydrogens is 419 g/mol. The van der Waals surface area contributed by atoms with Crippen LogP contribution < -0.4 is 4.74 Å². The first kappa shape index (κ1) is 17.5. The molecule has 2 rings (SSSR count). The van der Waals surface area contributed by atoms with Crippen molar-refractivity contribution in [3.63, 3.8) is 0 Å². The number of aromatic nitrogens is 2. The van der Waals surface area contributed by atoms with Crippen LogP contribution in [0.5, 0.6) is 5.75 Å². The van der Waals surface area contributed by atoms with E-state index in [-0.39, 0.29) is 17.3 Å². The monoisotopic (exact) mass is 438 g/mol. The van der Waals surface area contributed by atoms with Crippen LogP contribution in [-0.2, 0) is 9.84 Å². The molecule has 2 aromatic heterocycles. The number of rotatable bonds is 4. The molecule has 0 spiro atoms. The van der Waals surface area contributed by atoms with Crippen LogP contribution >= 0.6 is 22.6 Å². The van der Waals surface area contributed by atoms with E-state index in [1.54, 1.807) is 44.4 Å². The first-order valence-electron chi connectivity index (χ1n) is 6.76. The average molecular weight is 438 g/mol. The molecule has 0 aliphatic heterocycles. The lowest BCUT2D eigenvalue weighted by atomic mass is 10.3. The number of aliphatic hydroxyl groups excluding tert-OH is 1. The third-order valence-corrected chi connectivity index (χ3v) is 6.40. The summed E-state index contributed by atoms with van der Waals surface area (Å²) in [5.41, 5.74) is 0.595. The predicted octanol–water partition coefficient (Wildman–Crippen LogP) is 2.27. The molecule has 0 unspecified atom stereocenters. The Morgan fingerprint density at radius 2 is 2.09 bits per heavy atom. The number of hydrogen-bond acceptors (Lipinski definition) is 5. The standard InChI is InChI=1S/C14H19IN2O4S/c1-9(18)8-21-10-5-13-16-6-12(15)17(13)7-11(10)22(19,20)14(2,3)4/h5-7,9,18H,8H2,1-4H3/t9-/m0/s1. The molecule has 0 amide bonds. The van der Waals surface area contributed by atoms with Gasteiger partial charge in [-0.1, -0.05) is 0 Å². The summed E-state index contributed by atoms with van der Waals surface area (Å²) in [5.74, 6) is 0.213. The highest BCUT2D eigenvalue weighted by Gasteiger charge is 2.34. The molecule has 1 N–H and O–H groups in total. The van der Waals surface area contributed by atoms with E-state index < -0.39 is 20.7 Å². The van der Waals surface area contributed by atoms with E-state index in [0.717, 1.165) is 3.70 Å². The van der Waals surface area contributed by atoms with Crippen LogP contribution in [0.3, 0.4) is 0 Å². The van der Waals surface area contributed by atoms with Crippen molar-refractivity contribution < 1.29 is 18.3 Å². The van der Waals surface area contributed by atoms with Gasteiger partial charge in [-0.25, -0.2) is 13.4 Å². The maximum Gasteiger partial charge on any atom is 0.188 e. The zero-order chi connectivity index (χ0) is 16.7. The molecule has 0 aliphatic rings. The summed E-state index contributed by atoms with van der Waals surface area (Å²) in [7, 11) is -3.60. The van der Waals surface area contributed by atoms with Gasteiger partial charge in [0.2, 0.25) is 0 Å². The number of fused-ring (bicyclic) bond motifs is 1. The van der Waals surface area contributed by atoms with Gasteiger partial charge in [0, 0.05) is 12.3 Å². The lowest BCUT2D eigenvalue weighted by Crippen LogP contribution is -2.29. The first-order valence-corrected chi connectivity index (χ1v) is 9.32. The predicted molar refractivity (Wildman–Crippen MR) is 92.0 cm³/mol. The van der Waals surface area contributed by atoms with Crippen LogP contribution in [0.15, 0.2) is 23.4 Å². The number of hydrogen-bond donors (Lipinski definition) is 1. The summed E-state index contributed by atoms with van der Waals surface area (Å²) in [6.45, 7) is 6.52. The number of aliphatic hydroxyl groups is 1.